The summed E-state index contributed by atoms with van der Waals surface area (Å²) in [6.07, 6.45) is -0.981. The monoisotopic (exact) mass is 304 g/mol. The summed E-state index contributed by atoms with van der Waals surface area (Å²) in [5.74, 6) is 0.177. The van der Waals surface area contributed by atoms with Crippen molar-refractivity contribution in [3.05, 3.63) is 0 Å². The zero-order valence-corrected chi connectivity index (χ0v) is 13.3. The van der Waals surface area contributed by atoms with Gasteiger partial charge in [0.2, 0.25) is 5.91 Å². The third kappa shape index (κ3) is 11.0. The standard InChI is InChI=1S/C14H28N2O5/c1-9(2)5-11(6-13(19)15-10(3)4)16-14(20)21-8-12(18)7-17/h9-12,17-18H,5-8H2,1-4H3,(H,15,19)(H,16,20). The van der Waals surface area contributed by atoms with Crippen molar-refractivity contribution in [2.45, 2.75) is 58.7 Å². The van der Waals surface area contributed by atoms with E-state index in [1.807, 2.05) is 27.7 Å². The van der Waals surface area contributed by atoms with Crippen LogP contribution in [-0.4, -0.2) is 53.6 Å². The van der Waals surface area contributed by atoms with Gasteiger partial charge in [-0.15, -0.1) is 0 Å². The number of carbonyl (C=O) groups excluding carboxylic acids is 2. The van der Waals surface area contributed by atoms with Crippen LogP contribution in [0.3, 0.4) is 0 Å². The maximum atomic E-state index is 11.8. The molecule has 2 atom stereocenters. The van der Waals surface area contributed by atoms with Crippen LogP contribution in [0.4, 0.5) is 4.79 Å². The highest BCUT2D eigenvalue weighted by Crippen LogP contribution is 2.08. The molecule has 0 bridgehead atoms. The largest absolute Gasteiger partial charge is 0.447 e. The van der Waals surface area contributed by atoms with Crippen molar-refractivity contribution in [2.24, 2.45) is 5.92 Å². The van der Waals surface area contributed by atoms with E-state index in [4.69, 9.17) is 14.9 Å². The molecule has 0 rings (SSSR count). The fraction of sp³-hybridized carbons (Fsp3) is 0.857. The minimum absolute atomic E-state index is 0.0452. The Morgan fingerprint density at radius 3 is 2.24 bits per heavy atom. The van der Waals surface area contributed by atoms with Crippen LogP contribution in [0.5, 0.6) is 0 Å². The first-order chi connectivity index (χ1) is 9.74. The van der Waals surface area contributed by atoms with Crippen LogP contribution in [0.15, 0.2) is 0 Å². The number of hydrogen-bond donors (Lipinski definition) is 4. The number of alkyl carbamates (subject to hydrolysis) is 1. The lowest BCUT2D eigenvalue weighted by atomic mass is 10.0. The van der Waals surface area contributed by atoms with Crippen molar-refractivity contribution < 1.29 is 24.5 Å². The van der Waals surface area contributed by atoms with Gasteiger partial charge in [-0.3, -0.25) is 4.79 Å². The zero-order valence-electron chi connectivity index (χ0n) is 13.3. The summed E-state index contributed by atoms with van der Waals surface area (Å²) >= 11 is 0. The second-order valence-corrected chi connectivity index (χ2v) is 5.83. The van der Waals surface area contributed by atoms with Gasteiger partial charge in [-0.25, -0.2) is 4.79 Å². The summed E-state index contributed by atoms with van der Waals surface area (Å²) in [7, 11) is 0. The molecular formula is C14H28N2O5. The van der Waals surface area contributed by atoms with Gasteiger partial charge in [0.05, 0.1) is 6.61 Å². The Labute approximate surface area is 126 Å². The number of ether oxygens (including phenoxy) is 1. The van der Waals surface area contributed by atoms with E-state index in [2.05, 4.69) is 10.6 Å². The maximum Gasteiger partial charge on any atom is 0.407 e. The van der Waals surface area contributed by atoms with Crippen LogP contribution in [0, 0.1) is 5.92 Å². The first-order valence-electron chi connectivity index (χ1n) is 7.26. The highest BCUT2D eigenvalue weighted by molar-refractivity contribution is 5.77. The van der Waals surface area contributed by atoms with Gasteiger partial charge in [-0.2, -0.15) is 0 Å². The van der Waals surface area contributed by atoms with Gasteiger partial charge in [-0.1, -0.05) is 13.8 Å². The molecule has 0 saturated heterocycles. The number of nitrogens with one attached hydrogen (secondary N) is 2. The third-order valence-electron chi connectivity index (χ3n) is 2.58. The number of hydrogen-bond acceptors (Lipinski definition) is 5. The summed E-state index contributed by atoms with van der Waals surface area (Å²) in [4.78, 5) is 23.4. The van der Waals surface area contributed by atoms with Crippen molar-refractivity contribution >= 4 is 12.0 Å². The molecule has 124 valence electrons. The van der Waals surface area contributed by atoms with Gasteiger partial charge in [0.15, 0.2) is 0 Å². The van der Waals surface area contributed by atoms with Gasteiger partial charge < -0.3 is 25.6 Å². The van der Waals surface area contributed by atoms with E-state index in [-0.39, 0.29) is 31.0 Å². The van der Waals surface area contributed by atoms with Gasteiger partial charge >= 0.3 is 6.09 Å². The Kier molecular flexibility index (Phi) is 9.73. The van der Waals surface area contributed by atoms with E-state index in [0.29, 0.717) is 12.3 Å². The summed E-state index contributed by atoms with van der Waals surface area (Å²) in [6.45, 7) is 6.97. The Balaban J connectivity index is 4.34. The van der Waals surface area contributed by atoms with Gasteiger partial charge in [0, 0.05) is 18.5 Å². The predicted octanol–water partition coefficient (Wildman–Crippen LogP) is 0.395. The SMILES string of the molecule is CC(C)CC(CC(=O)NC(C)C)NC(=O)OCC(O)CO. The fourth-order valence-corrected chi connectivity index (χ4v) is 1.80. The fourth-order valence-electron chi connectivity index (χ4n) is 1.80. The second-order valence-electron chi connectivity index (χ2n) is 5.83. The van der Waals surface area contributed by atoms with Crippen molar-refractivity contribution in [3.8, 4) is 0 Å². The minimum atomic E-state index is -1.09. The highest BCUT2D eigenvalue weighted by atomic mass is 16.6. The summed E-state index contributed by atoms with van der Waals surface area (Å²) in [5, 5.41) is 23.1. The minimum Gasteiger partial charge on any atom is -0.447 e. The lowest BCUT2D eigenvalue weighted by Gasteiger charge is -2.21. The van der Waals surface area contributed by atoms with Gasteiger partial charge in [-0.05, 0) is 26.2 Å². The van der Waals surface area contributed by atoms with E-state index in [9.17, 15) is 9.59 Å². The molecule has 0 aromatic carbocycles. The van der Waals surface area contributed by atoms with Gasteiger partial charge in [0.1, 0.15) is 12.7 Å². The molecule has 0 spiro atoms. The molecule has 21 heavy (non-hydrogen) atoms. The smallest absolute Gasteiger partial charge is 0.407 e. The van der Waals surface area contributed by atoms with E-state index < -0.39 is 18.8 Å². The molecule has 7 nitrogen and oxygen atoms in total. The molecule has 0 aromatic rings. The first kappa shape index (κ1) is 19.7. The average Bonchev–Trinajstić information content (AvgIpc) is 2.33. The lowest BCUT2D eigenvalue weighted by Crippen LogP contribution is -2.42. The number of aliphatic hydroxyl groups is 2. The molecule has 2 amide bonds. The van der Waals surface area contributed by atoms with E-state index in [0.717, 1.165) is 0 Å². The Morgan fingerprint density at radius 1 is 1.14 bits per heavy atom. The number of amides is 2. The number of rotatable bonds is 9. The predicted molar refractivity (Wildman–Crippen MR) is 78.7 cm³/mol. The quantitative estimate of drug-likeness (QED) is 0.493. The molecular weight excluding hydrogens is 276 g/mol. The maximum absolute atomic E-state index is 11.8. The van der Waals surface area contributed by atoms with Crippen molar-refractivity contribution in [1.82, 2.24) is 10.6 Å². The Bertz CT molecular complexity index is 320. The second kappa shape index (κ2) is 10.4. The highest BCUT2D eigenvalue weighted by Gasteiger charge is 2.19. The molecule has 7 heteroatoms. The molecule has 4 N–H and O–H groups in total. The van der Waals surface area contributed by atoms with Crippen LogP contribution < -0.4 is 10.6 Å². The Hall–Kier alpha value is -1.34. The molecule has 0 aromatic heterocycles. The van der Waals surface area contributed by atoms with Crippen molar-refractivity contribution in [1.29, 1.82) is 0 Å². The lowest BCUT2D eigenvalue weighted by molar-refractivity contribution is -0.122. The molecule has 0 heterocycles. The average molecular weight is 304 g/mol. The summed E-state index contributed by atoms with van der Waals surface area (Å²) in [6, 6.07) is -0.286. The number of aliphatic hydroxyl groups excluding tert-OH is 2. The van der Waals surface area contributed by atoms with Crippen LogP contribution in [-0.2, 0) is 9.53 Å². The first-order valence-corrected chi connectivity index (χ1v) is 7.26. The van der Waals surface area contributed by atoms with Crippen LogP contribution >= 0.6 is 0 Å². The van der Waals surface area contributed by atoms with Crippen LogP contribution in [0.25, 0.3) is 0 Å². The summed E-state index contributed by atoms with van der Waals surface area (Å²) in [5.41, 5.74) is 0. The van der Waals surface area contributed by atoms with Crippen LogP contribution in [0.2, 0.25) is 0 Å². The van der Waals surface area contributed by atoms with Crippen molar-refractivity contribution in [3.63, 3.8) is 0 Å². The Morgan fingerprint density at radius 2 is 1.76 bits per heavy atom. The zero-order chi connectivity index (χ0) is 16.4. The molecule has 0 fully saturated rings. The van der Waals surface area contributed by atoms with E-state index in [1.165, 1.54) is 0 Å². The van der Waals surface area contributed by atoms with E-state index >= 15 is 0 Å². The number of carbonyl (C=O) groups is 2. The molecule has 0 aliphatic rings. The molecule has 0 aliphatic carbocycles. The van der Waals surface area contributed by atoms with Gasteiger partial charge in [0.25, 0.3) is 0 Å². The van der Waals surface area contributed by atoms with Crippen molar-refractivity contribution in [2.75, 3.05) is 13.2 Å². The third-order valence-corrected chi connectivity index (χ3v) is 2.58. The molecule has 0 radical (unpaired) electrons. The normalized spacial score (nSPS) is 13.9. The molecule has 0 saturated carbocycles. The summed E-state index contributed by atoms with van der Waals surface area (Å²) < 4.78 is 4.78. The molecule has 0 aliphatic heterocycles. The topological polar surface area (TPSA) is 108 Å². The van der Waals surface area contributed by atoms with E-state index in [1.54, 1.807) is 0 Å². The van der Waals surface area contributed by atoms with Crippen LogP contribution in [0.1, 0.15) is 40.5 Å². The molecule has 2 unspecified atom stereocenters.